The van der Waals surface area contributed by atoms with Crippen molar-refractivity contribution in [3.63, 3.8) is 0 Å². The van der Waals surface area contributed by atoms with Crippen molar-refractivity contribution in [3.8, 4) is 11.3 Å². The summed E-state index contributed by atoms with van der Waals surface area (Å²) in [7, 11) is 0. The van der Waals surface area contributed by atoms with Gasteiger partial charge in [0.2, 0.25) is 0 Å². The molecule has 0 atom stereocenters. The van der Waals surface area contributed by atoms with Crippen molar-refractivity contribution < 1.29 is 0 Å². The Morgan fingerprint density at radius 1 is 0.964 bits per heavy atom. The minimum Gasteiger partial charge on any atom is -0.302 e. The van der Waals surface area contributed by atoms with Gasteiger partial charge >= 0.3 is 0 Å². The molecule has 3 heterocycles. The average molecular weight is 374 g/mol. The highest BCUT2D eigenvalue weighted by Gasteiger charge is 2.14. The van der Waals surface area contributed by atoms with Crippen molar-refractivity contribution in [2.24, 2.45) is 0 Å². The molecule has 0 aliphatic carbocycles. The Labute approximate surface area is 165 Å². The van der Waals surface area contributed by atoms with E-state index in [2.05, 4.69) is 50.9 Å². The third kappa shape index (κ3) is 3.60. The van der Waals surface area contributed by atoms with Gasteiger partial charge in [-0.2, -0.15) is 5.10 Å². The van der Waals surface area contributed by atoms with Gasteiger partial charge in [-0.3, -0.25) is 4.98 Å². The summed E-state index contributed by atoms with van der Waals surface area (Å²) < 4.78 is 1.99. The first-order valence-corrected chi connectivity index (χ1v) is 10.0. The van der Waals surface area contributed by atoms with Gasteiger partial charge in [-0.25, -0.2) is 14.6 Å². The molecule has 3 aromatic heterocycles. The standard InChI is InChI=1S/C22H26N6/c1-3-5-10-27(4-2)11-12-28-22-20(15-26-28)21(24-16-25-22)19-14-23-13-17-8-6-7-9-18(17)19/h6-9,13-16H,3-5,10-12H2,1-2H3. The van der Waals surface area contributed by atoms with Crippen molar-refractivity contribution >= 4 is 21.8 Å². The van der Waals surface area contributed by atoms with Crippen LogP contribution in [0, 0.1) is 0 Å². The number of rotatable bonds is 8. The van der Waals surface area contributed by atoms with Crippen LogP contribution in [0.5, 0.6) is 0 Å². The molecule has 6 nitrogen and oxygen atoms in total. The lowest BCUT2D eigenvalue weighted by atomic mass is 10.0. The van der Waals surface area contributed by atoms with E-state index in [-0.39, 0.29) is 0 Å². The maximum atomic E-state index is 4.62. The molecular formula is C22H26N6. The molecule has 1 aromatic carbocycles. The molecule has 0 radical (unpaired) electrons. The molecule has 0 N–H and O–H groups in total. The number of nitrogens with zero attached hydrogens (tertiary/aromatic N) is 6. The molecule has 4 rings (SSSR count). The van der Waals surface area contributed by atoms with Crippen molar-refractivity contribution in [3.05, 3.63) is 49.2 Å². The van der Waals surface area contributed by atoms with Gasteiger partial charge in [0.05, 0.1) is 23.8 Å². The highest BCUT2D eigenvalue weighted by Crippen LogP contribution is 2.30. The smallest absolute Gasteiger partial charge is 0.161 e. The van der Waals surface area contributed by atoms with Crippen LogP contribution in [0.4, 0.5) is 0 Å². The van der Waals surface area contributed by atoms with E-state index < -0.39 is 0 Å². The zero-order valence-corrected chi connectivity index (χ0v) is 16.5. The number of unbranched alkanes of at least 4 members (excludes halogenated alkanes) is 1. The van der Waals surface area contributed by atoms with Crippen LogP contribution >= 0.6 is 0 Å². The normalized spacial score (nSPS) is 11.7. The summed E-state index contributed by atoms with van der Waals surface area (Å²) in [4.78, 5) is 16.0. The van der Waals surface area contributed by atoms with Crippen molar-refractivity contribution in [1.82, 2.24) is 29.6 Å². The van der Waals surface area contributed by atoms with E-state index in [1.807, 2.05) is 35.4 Å². The molecule has 6 heteroatoms. The van der Waals surface area contributed by atoms with Gasteiger partial charge in [-0.05, 0) is 24.9 Å². The first kappa shape index (κ1) is 18.5. The predicted octanol–water partition coefficient (Wildman–Crippen LogP) is 4.16. The Morgan fingerprint density at radius 3 is 2.71 bits per heavy atom. The van der Waals surface area contributed by atoms with Crippen LogP contribution in [-0.4, -0.2) is 49.3 Å². The number of pyridine rings is 1. The zero-order chi connectivity index (χ0) is 19.3. The van der Waals surface area contributed by atoms with E-state index in [9.17, 15) is 0 Å². The molecule has 0 saturated heterocycles. The van der Waals surface area contributed by atoms with Gasteiger partial charge < -0.3 is 4.90 Å². The topological polar surface area (TPSA) is 59.7 Å². The fourth-order valence-corrected chi connectivity index (χ4v) is 3.62. The van der Waals surface area contributed by atoms with E-state index in [0.29, 0.717) is 0 Å². The first-order chi connectivity index (χ1) is 13.8. The third-order valence-corrected chi connectivity index (χ3v) is 5.26. The Kier molecular flexibility index (Phi) is 5.58. The summed E-state index contributed by atoms with van der Waals surface area (Å²) in [5.41, 5.74) is 2.78. The summed E-state index contributed by atoms with van der Waals surface area (Å²) in [6.07, 6.45) is 9.73. The van der Waals surface area contributed by atoms with E-state index in [1.54, 1.807) is 6.33 Å². The highest BCUT2D eigenvalue weighted by atomic mass is 15.3. The Hall–Kier alpha value is -2.86. The Balaban J connectivity index is 1.67. The van der Waals surface area contributed by atoms with Crippen LogP contribution in [0.25, 0.3) is 33.1 Å². The summed E-state index contributed by atoms with van der Waals surface area (Å²) in [6.45, 7) is 8.43. The van der Waals surface area contributed by atoms with Crippen molar-refractivity contribution in [1.29, 1.82) is 0 Å². The molecule has 0 saturated carbocycles. The quantitative estimate of drug-likeness (QED) is 0.463. The fraction of sp³-hybridized carbons (Fsp3) is 0.364. The van der Waals surface area contributed by atoms with Crippen LogP contribution in [0.2, 0.25) is 0 Å². The molecule has 28 heavy (non-hydrogen) atoms. The van der Waals surface area contributed by atoms with E-state index in [1.165, 1.54) is 12.8 Å². The summed E-state index contributed by atoms with van der Waals surface area (Å²) in [5, 5.41) is 7.83. The van der Waals surface area contributed by atoms with Gasteiger partial charge in [0.1, 0.15) is 6.33 Å². The maximum Gasteiger partial charge on any atom is 0.161 e. The molecule has 0 aliphatic heterocycles. The molecule has 0 amide bonds. The number of aromatic nitrogens is 5. The van der Waals surface area contributed by atoms with Gasteiger partial charge in [-0.15, -0.1) is 0 Å². The van der Waals surface area contributed by atoms with Crippen LogP contribution in [0.15, 0.2) is 49.2 Å². The average Bonchev–Trinajstić information content (AvgIpc) is 3.17. The van der Waals surface area contributed by atoms with Crippen LogP contribution < -0.4 is 0 Å². The predicted molar refractivity (Wildman–Crippen MR) is 113 cm³/mol. The highest BCUT2D eigenvalue weighted by molar-refractivity contribution is 6.01. The van der Waals surface area contributed by atoms with Gasteiger partial charge in [0, 0.05) is 29.9 Å². The van der Waals surface area contributed by atoms with Gasteiger partial charge in [-0.1, -0.05) is 44.5 Å². The maximum absolute atomic E-state index is 4.62. The molecule has 0 bridgehead atoms. The van der Waals surface area contributed by atoms with Crippen molar-refractivity contribution in [2.45, 2.75) is 33.2 Å². The molecule has 0 unspecified atom stereocenters. The summed E-state index contributed by atoms with van der Waals surface area (Å²) in [5.74, 6) is 0. The molecule has 144 valence electrons. The third-order valence-electron chi connectivity index (χ3n) is 5.26. The SMILES string of the molecule is CCCCN(CC)CCn1ncc2c(-c3cncc4ccccc34)ncnc21. The monoisotopic (exact) mass is 374 g/mol. The number of fused-ring (bicyclic) bond motifs is 2. The first-order valence-electron chi connectivity index (χ1n) is 10.0. The summed E-state index contributed by atoms with van der Waals surface area (Å²) >= 11 is 0. The van der Waals surface area contributed by atoms with E-state index in [0.717, 1.165) is 59.2 Å². The van der Waals surface area contributed by atoms with Crippen molar-refractivity contribution in [2.75, 3.05) is 19.6 Å². The molecular weight excluding hydrogens is 348 g/mol. The molecule has 0 aliphatic rings. The lowest BCUT2D eigenvalue weighted by molar-refractivity contribution is 0.268. The number of likely N-dealkylation sites (N-methyl/N-ethyl adjacent to an activating group) is 1. The lowest BCUT2D eigenvalue weighted by Gasteiger charge is -2.19. The van der Waals surface area contributed by atoms with Gasteiger partial charge in [0.15, 0.2) is 5.65 Å². The second kappa shape index (κ2) is 8.44. The van der Waals surface area contributed by atoms with Gasteiger partial charge in [0.25, 0.3) is 0 Å². The van der Waals surface area contributed by atoms with E-state index in [4.69, 9.17) is 0 Å². The fourth-order valence-electron chi connectivity index (χ4n) is 3.62. The van der Waals surface area contributed by atoms with E-state index >= 15 is 0 Å². The van der Waals surface area contributed by atoms with Crippen LogP contribution in [0.3, 0.4) is 0 Å². The lowest BCUT2D eigenvalue weighted by Crippen LogP contribution is -2.28. The minimum atomic E-state index is 0.825. The summed E-state index contributed by atoms with van der Waals surface area (Å²) in [6, 6.07) is 8.25. The number of benzene rings is 1. The number of hydrogen-bond donors (Lipinski definition) is 0. The largest absolute Gasteiger partial charge is 0.302 e. The van der Waals surface area contributed by atoms with Crippen LogP contribution in [-0.2, 0) is 6.54 Å². The molecule has 0 fully saturated rings. The Bertz CT molecular complexity index is 1070. The zero-order valence-electron chi connectivity index (χ0n) is 16.5. The number of hydrogen-bond acceptors (Lipinski definition) is 5. The minimum absolute atomic E-state index is 0.825. The second-order valence-electron chi connectivity index (χ2n) is 7.02. The second-order valence-corrected chi connectivity index (χ2v) is 7.02. The molecule has 4 aromatic rings. The van der Waals surface area contributed by atoms with Crippen LogP contribution in [0.1, 0.15) is 26.7 Å². The molecule has 0 spiro atoms. The Morgan fingerprint density at radius 2 is 1.86 bits per heavy atom.